The van der Waals surface area contributed by atoms with Crippen LogP contribution < -0.4 is 10.6 Å². The third kappa shape index (κ3) is 2.60. The molecule has 3 N–H and O–H groups in total. The van der Waals surface area contributed by atoms with Crippen molar-refractivity contribution in [2.75, 3.05) is 17.7 Å². The fourth-order valence-corrected chi connectivity index (χ4v) is 1.64. The van der Waals surface area contributed by atoms with Crippen molar-refractivity contribution in [3.63, 3.8) is 0 Å². The fourth-order valence-electron chi connectivity index (χ4n) is 1.64. The minimum atomic E-state index is -0.189. The summed E-state index contributed by atoms with van der Waals surface area (Å²) < 4.78 is 0. The number of nitrogens with one attached hydrogen (secondary N) is 2. The van der Waals surface area contributed by atoms with Crippen molar-refractivity contribution in [2.24, 2.45) is 0 Å². The first kappa shape index (κ1) is 12.0. The zero-order valence-corrected chi connectivity index (χ0v) is 9.97. The lowest BCUT2D eigenvalue weighted by Crippen LogP contribution is -2.13. The molecule has 0 aromatic heterocycles. The van der Waals surface area contributed by atoms with E-state index in [4.69, 9.17) is 5.11 Å². The molecule has 1 amide bonds. The minimum Gasteiger partial charge on any atom is -0.508 e. The number of rotatable bonds is 3. The summed E-state index contributed by atoms with van der Waals surface area (Å²) in [6.07, 6.45) is 0. The molecule has 2 rings (SSSR count). The third-order valence-corrected chi connectivity index (χ3v) is 2.57. The monoisotopic (exact) mass is 242 g/mol. The summed E-state index contributed by atoms with van der Waals surface area (Å²) in [5, 5.41) is 14.9. The van der Waals surface area contributed by atoms with Crippen LogP contribution in [0.4, 0.5) is 11.4 Å². The maximum Gasteiger partial charge on any atom is 0.257 e. The first-order valence-corrected chi connectivity index (χ1v) is 5.58. The zero-order valence-electron chi connectivity index (χ0n) is 9.97. The molecule has 0 heterocycles. The van der Waals surface area contributed by atoms with Crippen LogP contribution in [0.25, 0.3) is 0 Å². The van der Waals surface area contributed by atoms with E-state index in [1.807, 2.05) is 18.2 Å². The summed E-state index contributed by atoms with van der Waals surface area (Å²) in [5.74, 6) is -0.0192. The quantitative estimate of drug-likeness (QED) is 0.725. The van der Waals surface area contributed by atoms with E-state index in [2.05, 4.69) is 10.6 Å². The van der Waals surface area contributed by atoms with Crippen LogP contribution in [-0.2, 0) is 0 Å². The highest BCUT2D eigenvalue weighted by molar-refractivity contribution is 6.08. The normalized spacial score (nSPS) is 9.83. The van der Waals surface area contributed by atoms with Gasteiger partial charge in [0, 0.05) is 18.4 Å². The van der Waals surface area contributed by atoms with Gasteiger partial charge in [0.25, 0.3) is 5.91 Å². The molecule has 0 aliphatic carbocycles. The number of carbonyl (C=O) groups excluding carboxylic acids is 1. The predicted octanol–water partition coefficient (Wildman–Crippen LogP) is 2.69. The van der Waals surface area contributed by atoms with E-state index in [9.17, 15) is 4.79 Å². The average molecular weight is 242 g/mol. The molecule has 4 nitrogen and oxygen atoms in total. The Hall–Kier alpha value is -2.49. The van der Waals surface area contributed by atoms with Gasteiger partial charge in [0.05, 0.1) is 5.56 Å². The Labute approximate surface area is 105 Å². The molecule has 0 atom stereocenters. The molecule has 0 aliphatic heterocycles. The molecule has 0 unspecified atom stereocenters. The van der Waals surface area contributed by atoms with Crippen LogP contribution in [-0.4, -0.2) is 18.1 Å². The van der Waals surface area contributed by atoms with Crippen molar-refractivity contribution >= 4 is 17.3 Å². The lowest BCUT2D eigenvalue weighted by Gasteiger charge is -2.09. The van der Waals surface area contributed by atoms with Gasteiger partial charge in [0.2, 0.25) is 0 Å². The topological polar surface area (TPSA) is 61.4 Å². The Morgan fingerprint density at radius 2 is 1.72 bits per heavy atom. The number of phenols is 1. The maximum atomic E-state index is 12.1. The van der Waals surface area contributed by atoms with Crippen molar-refractivity contribution in [3.8, 4) is 5.75 Å². The predicted molar refractivity (Wildman–Crippen MR) is 72.0 cm³/mol. The smallest absolute Gasteiger partial charge is 0.257 e. The Morgan fingerprint density at radius 3 is 2.39 bits per heavy atom. The Kier molecular flexibility index (Phi) is 3.48. The molecule has 18 heavy (non-hydrogen) atoms. The van der Waals surface area contributed by atoms with Gasteiger partial charge < -0.3 is 15.7 Å². The summed E-state index contributed by atoms with van der Waals surface area (Å²) in [6, 6.07) is 13.6. The number of para-hydroxylation sites is 1. The highest BCUT2D eigenvalue weighted by Crippen LogP contribution is 2.18. The van der Waals surface area contributed by atoms with Gasteiger partial charge in [-0.05, 0) is 36.4 Å². The lowest BCUT2D eigenvalue weighted by atomic mass is 10.1. The first-order chi connectivity index (χ1) is 8.70. The average Bonchev–Trinajstić information content (AvgIpc) is 2.41. The van der Waals surface area contributed by atoms with Gasteiger partial charge in [-0.25, -0.2) is 0 Å². The Morgan fingerprint density at radius 1 is 1.06 bits per heavy atom. The van der Waals surface area contributed by atoms with Crippen LogP contribution in [0.15, 0.2) is 48.5 Å². The van der Waals surface area contributed by atoms with Gasteiger partial charge in [-0.15, -0.1) is 0 Å². The van der Waals surface area contributed by atoms with E-state index in [0.29, 0.717) is 11.3 Å². The maximum absolute atomic E-state index is 12.1. The SMILES string of the molecule is CNc1ccccc1C(=O)Nc1ccc(O)cc1. The highest BCUT2D eigenvalue weighted by atomic mass is 16.3. The first-order valence-electron chi connectivity index (χ1n) is 5.58. The number of benzene rings is 2. The largest absolute Gasteiger partial charge is 0.508 e. The fraction of sp³-hybridized carbons (Fsp3) is 0.0714. The van der Waals surface area contributed by atoms with Crippen molar-refractivity contribution in [3.05, 3.63) is 54.1 Å². The van der Waals surface area contributed by atoms with Gasteiger partial charge in [0.1, 0.15) is 5.75 Å². The molecule has 0 fully saturated rings. The second-order valence-electron chi connectivity index (χ2n) is 3.80. The van der Waals surface area contributed by atoms with E-state index >= 15 is 0 Å². The van der Waals surface area contributed by atoms with Gasteiger partial charge >= 0.3 is 0 Å². The Balaban J connectivity index is 2.19. The van der Waals surface area contributed by atoms with Crippen LogP contribution in [0.1, 0.15) is 10.4 Å². The molecule has 0 radical (unpaired) electrons. The van der Waals surface area contributed by atoms with Crippen LogP contribution in [0.2, 0.25) is 0 Å². The highest BCUT2D eigenvalue weighted by Gasteiger charge is 2.09. The Bertz CT molecular complexity index is 550. The molecule has 0 bridgehead atoms. The summed E-state index contributed by atoms with van der Waals surface area (Å²) in [4.78, 5) is 12.1. The second-order valence-corrected chi connectivity index (χ2v) is 3.80. The van der Waals surface area contributed by atoms with E-state index < -0.39 is 0 Å². The number of hydrogen-bond acceptors (Lipinski definition) is 3. The van der Waals surface area contributed by atoms with Crippen molar-refractivity contribution in [1.29, 1.82) is 0 Å². The van der Waals surface area contributed by atoms with Crippen molar-refractivity contribution in [2.45, 2.75) is 0 Å². The standard InChI is InChI=1S/C14H14N2O2/c1-15-13-5-3-2-4-12(13)14(18)16-10-6-8-11(17)9-7-10/h2-9,15,17H,1H3,(H,16,18). The van der Waals surface area contributed by atoms with Crippen molar-refractivity contribution < 1.29 is 9.90 Å². The molecule has 92 valence electrons. The molecule has 0 saturated heterocycles. The number of phenolic OH excluding ortho intramolecular Hbond substituents is 1. The van der Waals surface area contributed by atoms with Crippen LogP contribution in [0, 0.1) is 0 Å². The molecule has 0 aliphatic rings. The summed E-state index contributed by atoms with van der Waals surface area (Å²) in [5.41, 5.74) is 1.99. The number of hydrogen-bond donors (Lipinski definition) is 3. The van der Waals surface area contributed by atoms with E-state index in [-0.39, 0.29) is 11.7 Å². The summed E-state index contributed by atoms with van der Waals surface area (Å²) in [6.45, 7) is 0. The molecular formula is C14H14N2O2. The molecule has 2 aromatic carbocycles. The molecular weight excluding hydrogens is 228 g/mol. The summed E-state index contributed by atoms with van der Waals surface area (Å²) >= 11 is 0. The van der Waals surface area contributed by atoms with Gasteiger partial charge in [0.15, 0.2) is 0 Å². The molecule has 4 heteroatoms. The van der Waals surface area contributed by atoms with Crippen LogP contribution in [0.3, 0.4) is 0 Å². The number of amides is 1. The minimum absolute atomic E-state index is 0.170. The lowest BCUT2D eigenvalue weighted by molar-refractivity contribution is 0.102. The number of anilines is 2. The van der Waals surface area contributed by atoms with Crippen LogP contribution >= 0.6 is 0 Å². The van der Waals surface area contributed by atoms with E-state index in [0.717, 1.165) is 5.69 Å². The van der Waals surface area contributed by atoms with Gasteiger partial charge in [-0.3, -0.25) is 4.79 Å². The molecule has 0 spiro atoms. The van der Waals surface area contributed by atoms with Gasteiger partial charge in [-0.1, -0.05) is 12.1 Å². The summed E-state index contributed by atoms with van der Waals surface area (Å²) in [7, 11) is 1.77. The third-order valence-electron chi connectivity index (χ3n) is 2.57. The molecule has 0 saturated carbocycles. The zero-order chi connectivity index (χ0) is 13.0. The van der Waals surface area contributed by atoms with E-state index in [1.165, 1.54) is 12.1 Å². The number of aromatic hydroxyl groups is 1. The van der Waals surface area contributed by atoms with Crippen LogP contribution in [0.5, 0.6) is 5.75 Å². The number of carbonyl (C=O) groups is 1. The van der Waals surface area contributed by atoms with E-state index in [1.54, 1.807) is 25.2 Å². The van der Waals surface area contributed by atoms with Crippen molar-refractivity contribution in [1.82, 2.24) is 0 Å². The van der Waals surface area contributed by atoms with Gasteiger partial charge in [-0.2, -0.15) is 0 Å². The second kappa shape index (κ2) is 5.23. The molecule has 2 aromatic rings.